The van der Waals surface area contributed by atoms with Gasteiger partial charge >= 0.3 is 5.97 Å². The van der Waals surface area contributed by atoms with Gasteiger partial charge in [-0.25, -0.2) is 0 Å². The quantitative estimate of drug-likeness (QED) is 0.762. The smallest absolute Gasteiger partial charge is 0.307 e. The molecule has 1 aromatic rings. The highest BCUT2D eigenvalue weighted by Crippen LogP contribution is 2.27. The standard InChI is InChI=1S/C16H23NO2/c1-2-19-16(18)13-15(14-9-5-3-6-10-14)17-11-7-4-8-12-17/h3,5-6,9-10,15H,2,4,7-8,11-13H2,1H3. The Morgan fingerprint density at radius 3 is 2.53 bits per heavy atom. The van der Waals surface area contributed by atoms with Gasteiger partial charge in [0, 0.05) is 6.04 Å². The molecule has 1 heterocycles. The lowest BCUT2D eigenvalue weighted by atomic mass is 9.99. The molecule has 2 rings (SSSR count). The molecule has 1 unspecified atom stereocenters. The molecule has 0 amide bonds. The van der Waals surface area contributed by atoms with E-state index in [0.29, 0.717) is 13.0 Å². The molecular formula is C16H23NO2. The van der Waals surface area contributed by atoms with E-state index in [9.17, 15) is 4.79 Å². The maximum Gasteiger partial charge on any atom is 0.307 e. The number of nitrogens with zero attached hydrogens (tertiary/aromatic N) is 1. The molecule has 0 N–H and O–H groups in total. The second-order valence-electron chi connectivity index (χ2n) is 5.03. The van der Waals surface area contributed by atoms with Gasteiger partial charge in [-0.15, -0.1) is 0 Å². The molecule has 19 heavy (non-hydrogen) atoms. The van der Waals surface area contributed by atoms with Crippen LogP contribution in [-0.4, -0.2) is 30.6 Å². The van der Waals surface area contributed by atoms with Crippen molar-refractivity contribution < 1.29 is 9.53 Å². The zero-order valence-electron chi connectivity index (χ0n) is 11.7. The fourth-order valence-electron chi connectivity index (χ4n) is 2.74. The van der Waals surface area contributed by atoms with E-state index in [4.69, 9.17) is 4.74 Å². The van der Waals surface area contributed by atoms with Gasteiger partial charge in [0.1, 0.15) is 0 Å². The number of hydrogen-bond acceptors (Lipinski definition) is 3. The molecule has 3 heteroatoms. The van der Waals surface area contributed by atoms with Gasteiger partial charge in [0.05, 0.1) is 13.0 Å². The number of benzene rings is 1. The van der Waals surface area contributed by atoms with Crippen LogP contribution in [0.3, 0.4) is 0 Å². The van der Waals surface area contributed by atoms with Crippen molar-refractivity contribution >= 4 is 5.97 Å². The molecule has 1 fully saturated rings. The molecule has 3 nitrogen and oxygen atoms in total. The molecular weight excluding hydrogens is 238 g/mol. The lowest BCUT2D eigenvalue weighted by Crippen LogP contribution is -2.35. The van der Waals surface area contributed by atoms with E-state index in [1.807, 2.05) is 25.1 Å². The summed E-state index contributed by atoms with van der Waals surface area (Å²) in [6.07, 6.45) is 4.22. The van der Waals surface area contributed by atoms with Crippen LogP contribution in [0.1, 0.15) is 44.2 Å². The van der Waals surface area contributed by atoms with Crippen molar-refractivity contribution in [1.82, 2.24) is 4.90 Å². The maximum absolute atomic E-state index is 11.8. The molecule has 0 aromatic heterocycles. The summed E-state index contributed by atoms with van der Waals surface area (Å²) in [5.41, 5.74) is 1.22. The largest absolute Gasteiger partial charge is 0.466 e. The van der Waals surface area contributed by atoms with Crippen LogP contribution in [-0.2, 0) is 9.53 Å². The number of piperidine rings is 1. The van der Waals surface area contributed by atoms with E-state index in [1.54, 1.807) is 0 Å². The number of carbonyl (C=O) groups is 1. The molecule has 1 aliphatic heterocycles. The van der Waals surface area contributed by atoms with Gasteiger partial charge in [-0.05, 0) is 38.4 Å². The third kappa shape index (κ3) is 4.06. The van der Waals surface area contributed by atoms with Crippen molar-refractivity contribution in [3.8, 4) is 0 Å². The number of carbonyl (C=O) groups excluding carboxylic acids is 1. The van der Waals surface area contributed by atoms with Crippen LogP contribution in [0.15, 0.2) is 30.3 Å². The highest BCUT2D eigenvalue weighted by molar-refractivity contribution is 5.70. The van der Waals surface area contributed by atoms with Crippen molar-refractivity contribution in [3.63, 3.8) is 0 Å². The van der Waals surface area contributed by atoms with E-state index in [1.165, 1.54) is 24.8 Å². The predicted molar refractivity (Wildman–Crippen MR) is 75.9 cm³/mol. The molecule has 1 atom stereocenters. The predicted octanol–water partition coefficient (Wildman–Crippen LogP) is 3.17. The van der Waals surface area contributed by atoms with Crippen LogP contribution in [0.25, 0.3) is 0 Å². The van der Waals surface area contributed by atoms with Crippen LogP contribution in [0.5, 0.6) is 0 Å². The van der Waals surface area contributed by atoms with E-state index < -0.39 is 0 Å². The van der Waals surface area contributed by atoms with E-state index in [0.717, 1.165) is 13.1 Å². The second kappa shape index (κ2) is 7.29. The lowest BCUT2D eigenvalue weighted by molar-refractivity contribution is -0.144. The second-order valence-corrected chi connectivity index (χ2v) is 5.03. The van der Waals surface area contributed by atoms with Gasteiger partial charge in [0.15, 0.2) is 0 Å². The Hall–Kier alpha value is -1.35. The highest BCUT2D eigenvalue weighted by atomic mass is 16.5. The summed E-state index contributed by atoms with van der Waals surface area (Å²) in [7, 11) is 0. The average Bonchev–Trinajstić information content (AvgIpc) is 2.47. The zero-order chi connectivity index (χ0) is 13.5. The fourth-order valence-corrected chi connectivity index (χ4v) is 2.74. The SMILES string of the molecule is CCOC(=O)CC(c1ccccc1)N1CCCCC1. The molecule has 0 saturated carbocycles. The third-order valence-corrected chi connectivity index (χ3v) is 3.68. The summed E-state index contributed by atoms with van der Waals surface area (Å²) in [6.45, 7) is 4.48. The van der Waals surface area contributed by atoms with E-state index in [2.05, 4.69) is 17.0 Å². The molecule has 0 radical (unpaired) electrons. The molecule has 0 spiro atoms. The van der Waals surface area contributed by atoms with Crippen LogP contribution >= 0.6 is 0 Å². The van der Waals surface area contributed by atoms with Crippen molar-refractivity contribution in [3.05, 3.63) is 35.9 Å². The summed E-state index contributed by atoms with van der Waals surface area (Å²) in [5, 5.41) is 0. The number of likely N-dealkylation sites (tertiary alicyclic amines) is 1. The average molecular weight is 261 g/mol. The van der Waals surface area contributed by atoms with Crippen LogP contribution < -0.4 is 0 Å². The van der Waals surface area contributed by atoms with Gasteiger partial charge in [-0.3, -0.25) is 9.69 Å². The van der Waals surface area contributed by atoms with Crippen LogP contribution in [0, 0.1) is 0 Å². The minimum atomic E-state index is -0.0954. The first kappa shape index (κ1) is 14.1. The van der Waals surface area contributed by atoms with Gasteiger partial charge in [-0.2, -0.15) is 0 Å². The highest BCUT2D eigenvalue weighted by Gasteiger charge is 2.25. The van der Waals surface area contributed by atoms with Gasteiger partial charge in [-0.1, -0.05) is 36.8 Å². The Kier molecular flexibility index (Phi) is 5.40. The first-order valence-electron chi connectivity index (χ1n) is 7.26. The van der Waals surface area contributed by atoms with Crippen LogP contribution in [0.2, 0.25) is 0 Å². The first-order chi connectivity index (χ1) is 9.31. The molecule has 104 valence electrons. The summed E-state index contributed by atoms with van der Waals surface area (Å²) in [6, 6.07) is 10.5. The number of ether oxygens (including phenoxy) is 1. The summed E-state index contributed by atoms with van der Waals surface area (Å²) in [5.74, 6) is -0.0954. The molecule has 1 saturated heterocycles. The van der Waals surface area contributed by atoms with E-state index >= 15 is 0 Å². The molecule has 0 bridgehead atoms. The minimum absolute atomic E-state index is 0.0954. The van der Waals surface area contributed by atoms with Crippen LogP contribution in [0.4, 0.5) is 0 Å². The maximum atomic E-state index is 11.8. The summed E-state index contributed by atoms with van der Waals surface area (Å²) in [4.78, 5) is 14.2. The Balaban J connectivity index is 2.10. The molecule has 1 aliphatic rings. The molecule has 1 aromatic carbocycles. The zero-order valence-corrected chi connectivity index (χ0v) is 11.7. The number of rotatable bonds is 5. The Labute approximate surface area is 115 Å². The minimum Gasteiger partial charge on any atom is -0.466 e. The monoisotopic (exact) mass is 261 g/mol. The van der Waals surface area contributed by atoms with Crippen molar-refractivity contribution in [2.24, 2.45) is 0 Å². The van der Waals surface area contributed by atoms with Crippen molar-refractivity contribution in [2.75, 3.05) is 19.7 Å². The Bertz CT molecular complexity index is 385. The van der Waals surface area contributed by atoms with Gasteiger partial charge in [0.25, 0.3) is 0 Å². The Morgan fingerprint density at radius 2 is 1.89 bits per heavy atom. The lowest BCUT2D eigenvalue weighted by Gasteiger charge is -2.34. The van der Waals surface area contributed by atoms with E-state index in [-0.39, 0.29) is 12.0 Å². The fraction of sp³-hybridized carbons (Fsp3) is 0.562. The van der Waals surface area contributed by atoms with Crippen molar-refractivity contribution in [1.29, 1.82) is 0 Å². The normalized spacial score (nSPS) is 17.9. The van der Waals surface area contributed by atoms with Gasteiger partial charge < -0.3 is 4.74 Å². The Morgan fingerprint density at radius 1 is 1.21 bits per heavy atom. The van der Waals surface area contributed by atoms with Gasteiger partial charge in [0.2, 0.25) is 0 Å². The summed E-state index contributed by atoms with van der Waals surface area (Å²) >= 11 is 0. The van der Waals surface area contributed by atoms with Crippen molar-refractivity contribution in [2.45, 2.75) is 38.6 Å². The number of esters is 1. The molecule has 0 aliphatic carbocycles. The summed E-state index contributed by atoms with van der Waals surface area (Å²) < 4.78 is 5.12. The number of hydrogen-bond donors (Lipinski definition) is 0. The topological polar surface area (TPSA) is 29.5 Å². The first-order valence-corrected chi connectivity index (χ1v) is 7.26. The third-order valence-electron chi connectivity index (χ3n) is 3.68.